The second-order valence-corrected chi connectivity index (χ2v) is 5.33. The second-order valence-electron chi connectivity index (χ2n) is 4.49. The summed E-state index contributed by atoms with van der Waals surface area (Å²) in [6.45, 7) is 3.89. The summed E-state index contributed by atoms with van der Waals surface area (Å²) in [4.78, 5) is 2.25. The molecule has 2 heterocycles. The molecule has 0 amide bonds. The first kappa shape index (κ1) is 13.8. The number of aromatic nitrogens is 4. The maximum absolute atomic E-state index is 6.20. The van der Waals surface area contributed by atoms with Gasteiger partial charge < -0.3 is 4.74 Å². The van der Waals surface area contributed by atoms with Gasteiger partial charge in [0.2, 0.25) is 0 Å². The van der Waals surface area contributed by atoms with Crippen LogP contribution in [-0.2, 0) is 11.3 Å². The van der Waals surface area contributed by atoms with E-state index in [1.807, 2.05) is 6.07 Å². The van der Waals surface area contributed by atoms with Gasteiger partial charge in [-0.1, -0.05) is 23.2 Å². The van der Waals surface area contributed by atoms with Crippen molar-refractivity contribution in [2.45, 2.75) is 6.54 Å². The first-order valence-corrected chi connectivity index (χ1v) is 7.02. The van der Waals surface area contributed by atoms with Crippen LogP contribution in [0.1, 0.15) is 5.82 Å². The molecule has 1 aromatic carbocycles. The average Bonchev–Trinajstić information content (AvgIpc) is 2.88. The molecule has 6 nitrogen and oxygen atoms in total. The minimum atomic E-state index is 0.521. The average molecular weight is 314 g/mol. The predicted octanol–water partition coefficient (Wildman–Crippen LogP) is 1.80. The Kier molecular flexibility index (Phi) is 4.16. The first-order chi connectivity index (χ1) is 9.74. The molecule has 2 aromatic rings. The Balaban J connectivity index is 1.85. The Morgan fingerprint density at radius 1 is 1.20 bits per heavy atom. The number of tetrazole rings is 1. The van der Waals surface area contributed by atoms with Crippen molar-refractivity contribution in [1.82, 2.24) is 25.1 Å². The van der Waals surface area contributed by atoms with Crippen LogP contribution in [0.25, 0.3) is 5.69 Å². The summed E-state index contributed by atoms with van der Waals surface area (Å²) in [5.74, 6) is 0.746. The molecular formula is C12H13Cl2N5O. The minimum Gasteiger partial charge on any atom is -0.379 e. The zero-order valence-electron chi connectivity index (χ0n) is 10.7. The van der Waals surface area contributed by atoms with Gasteiger partial charge in [-0.05, 0) is 28.6 Å². The van der Waals surface area contributed by atoms with Crippen molar-refractivity contribution in [2.24, 2.45) is 0 Å². The molecule has 0 aliphatic carbocycles. The number of hydrogen-bond acceptors (Lipinski definition) is 5. The van der Waals surface area contributed by atoms with Gasteiger partial charge in [-0.25, -0.2) is 0 Å². The SMILES string of the molecule is Clc1ccc(-n2nnnc2CN2CCOCC2)c(Cl)c1. The van der Waals surface area contributed by atoms with E-state index in [4.69, 9.17) is 27.9 Å². The highest BCUT2D eigenvalue weighted by Gasteiger charge is 2.17. The first-order valence-electron chi connectivity index (χ1n) is 6.27. The smallest absolute Gasteiger partial charge is 0.170 e. The number of benzene rings is 1. The van der Waals surface area contributed by atoms with Crippen LogP contribution in [-0.4, -0.2) is 51.4 Å². The van der Waals surface area contributed by atoms with Gasteiger partial charge >= 0.3 is 0 Å². The lowest BCUT2D eigenvalue weighted by molar-refractivity contribution is 0.0327. The van der Waals surface area contributed by atoms with Crippen LogP contribution in [0.4, 0.5) is 0 Å². The van der Waals surface area contributed by atoms with E-state index in [2.05, 4.69) is 20.4 Å². The molecule has 1 aromatic heterocycles. The fraction of sp³-hybridized carbons (Fsp3) is 0.417. The number of morpholine rings is 1. The zero-order chi connectivity index (χ0) is 13.9. The van der Waals surface area contributed by atoms with Crippen LogP contribution in [0, 0.1) is 0 Å². The van der Waals surface area contributed by atoms with Crippen molar-refractivity contribution in [1.29, 1.82) is 0 Å². The Morgan fingerprint density at radius 2 is 2.00 bits per heavy atom. The van der Waals surface area contributed by atoms with E-state index in [1.165, 1.54) is 0 Å². The van der Waals surface area contributed by atoms with Crippen molar-refractivity contribution < 1.29 is 4.74 Å². The third-order valence-corrected chi connectivity index (χ3v) is 3.68. The lowest BCUT2D eigenvalue weighted by atomic mass is 10.3. The fourth-order valence-electron chi connectivity index (χ4n) is 2.10. The molecule has 0 atom stereocenters. The van der Waals surface area contributed by atoms with E-state index < -0.39 is 0 Å². The van der Waals surface area contributed by atoms with E-state index in [1.54, 1.807) is 16.8 Å². The van der Waals surface area contributed by atoms with Crippen molar-refractivity contribution in [3.8, 4) is 5.69 Å². The standard InChI is InChI=1S/C12H13Cl2N5O/c13-9-1-2-11(10(14)7-9)19-12(15-16-17-19)8-18-3-5-20-6-4-18/h1-2,7H,3-6,8H2. The van der Waals surface area contributed by atoms with Crippen molar-refractivity contribution in [3.63, 3.8) is 0 Å². The molecule has 20 heavy (non-hydrogen) atoms. The van der Waals surface area contributed by atoms with Gasteiger partial charge in [-0.15, -0.1) is 5.10 Å². The molecule has 106 valence electrons. The zero-order valence-corrected chi connectivity index (χ0v) is 12.2. The van der Waals surface area contributed by atoms with Crippen LogP contribution in [0.5, 0.6) is 0 Å². The van der Waals surface area contributed by atoms with Crippen LogP contribution < -0.4 is 0 Å². The summed E-state index contributed by atoms with van der Waals surface area (Å²) in [6.07, 6.45) is 0. The molecular weight excluding hydrogens is 301 g/mol. The Labute approximate surface area is 126 Å². The molecule has 3 rings (SSSR count). The number of nitrogens with zero attached hydrogens (tertiary/aromatic N) is 5. The molecule has 0 saturated carbocycles. The molecule has 8 heteroatoms. The second kappa shape index (κ2) is 6.05. The summed E-state index contributed by atoms with van der Waals surface area (Å²) in [6, 6.07) is 5.26. The highest BCUT2D eigenvalue weighted by atomic mass is 35.5. The molecule has 0 spiro atoms. The molecule has 0 N–H and O–H groups in total. The van der Waals surface area contributed by atoms with Gasteiger partial charge in [0, 0.05) is 18.1 Å². The molecule has 1 aliphatic rings. The Morgan fingerprint density at radius 3 is 2.75 bits per heavy atom. The van der Waals surface area contributed by atoms with Crippen LogP contribution in [0.2, 0.25) is 10.0 Å². The number of halogens is 2. The third kappa shape index (κ3) is 2.93. The number of hydrogen-bond donors (Lipinski definition) is 0. The van der Waals surface area contributed by atoms with Crippen molar-refractivity contribution in [2.75, 3.05) is 26.3 Å². The van der Waals surface area contributed by atoms with Gasteiger partial charge in [0.15, 0.2) is 5.82 Å². The number of ether oxygens (including phenoxy) is 1. The summed E-state index contributed by atoms with van der Waals surface area (Å²) in [7, 11) is 0. The molecule has 1 saturated heterocycles. The van der Waals surface area contributed by atoms with Crippen LogP contribution in [0.3, 0.4) is 0 Å². The molecule has 0 unspecified atom stereocenters. The lowest BCUT2D eigenvalue weighted by Crippen LogP contribution is -2.36. The van der Waals surface area contributed by atoms with Gasteiger partial charge in [0.1, 0.15) is 0 Å². The largest absolute Gasteiger partial charge is 0.379 e. The van der Waals surface area contributed by atoms with Crippen LogP contribution in [0.15, 0.2) is 18.2 Å². The number of rotatable bonds is 3. The van der Waals surface area contributed by atoms with E-state index in [0.717, 1.165) is 37.8 Å². The third-order valence-electron chi connectivity index (χ3n) is 3.14. The minimum absolute atomic E-state index is 0.521. The lowest BCUT2D eigenvalue weighted by Gasteiger charge is -2.25. The summed E-state index contributed by atoms with van der Waals surface area (Å²) in [5, 5.41) is 12.9. The van der Waals surface area contributed by atoms with Gasteiger partial charge in [0.05, 0.1) is 30.5 Å². The van der Waals surface area contributed by atoms with E-state index >= 15 is 0 Å². The molecule has 1 aliphatic heterocycles. The quantitative estimate of drug-likeness (QED) is 0.865. The van der Waals surface area contributed by atoms with E-state index in [-0.39, 0.29) is 0 Å². The van der Waals surface area contributed by atoms with Gasteiger partial charge in [0.25, 0.3) is 0 Å². The molecule has 1 fully saturated rings. The van der Waals surface area contributed by atoms with Gasteiger partial charge in [-0.2, -0.15) is 4.68 Å². The summed E-state index contributed by atoms with van der Waals surface area (Å²) in [5.41, 5.74) is 0.726. The monoisotopic (exact) mass is 313 g/mol. The van der Waals surface area contributed by atoms with Crippen molar-refractivity contribution >= 4 is 23.2 Å². The Hall–Kier alpha value is -1.21. The fourth-order valence-corrected chi connectivity index (χ4v) is 2.59. The molecule has 0 bridgehead atoms. The normalized spacial score (nSPS) is 16.5. The summed E-state index contributed by atoms with van der Waals surface area (Å²) >= 11 is 12.1. The molecule has 0 radical (unpaired) electrons. The maximum atomic E-state index is 6.20. The van der Waals surface area contributed by atoms with Crippen LogP contribution >= 0.6 is 23.2 Å². The topological polar surface area (TPSA) is 56.1 Å². The van der Waals surface area contributed by atoms with E-state index in [9.17, 15) is 0 Å². The highest BCUT2D eigenvalue weighted by Crippen LogP contribution is 2.24. The summed E-state index contributed by atoms with van der Waals surface area (Å²) < 4.78 is 6.98. The maximum Gasteiger partial charge on any atom is 0.170 e. The van der Waals surface area contributed by atoms with Gasteiger partial charge in [-0.3, -0.25) is 4.90 Å². The predicted molar refractivity (Wildman–Crippen MR) is 75.3 cm³/mol. The van der Waals surface area contributed by atoms with E-state index in [0.29, 0.717) is 16.6 Å². The highest BCUT2D eigenvalue weighted by molar-refractivity contribution is 6.35. The Bertz CT molecular complexity index is 597. The van der Waals surface area contributed by atoms with Crippen molar-refractivity contribution in [3.05, 3.63) is 34.1 Å².